The van der Waals surface area contributed by atoms with Crippen LogP contribution in [0.25, 0.3) is 0 Å². The fraction of sp³-hybridized carbons (Fsp3) is 0.474. The third kappa shape index (κ3) is 4.60. The van der Waals surface area contributed by atoms with E-state index < -0.39 is 0 Å². The van der Waals surface area contributed by atoms with Crippen LogP contribution in [0.3, 0.4) is 0 Å². The highest BCUT2D eigenvalue weighted by Crippen LogP contribution is 2.23. The quantitative estimate of drug-likeness (QED) is 0.895. The van der Waals surface area contributed by atoms with E-state index >= 15 is 0 Å². The number of benzene rings is 1. The van der Waals surface area contributed by atoms with Gasteiger partial charge in [0.15, 0.2) is 5.82 Å². The average Bonchev–Trinajstić information content (AvgIpc) is 2.97. The number of anilines is 1. The number of carbonyl (C=O) groups excluding carboxylic acids is 1. The molecule has 1 aromatic heterocycles. The summed E-state index contributed by atoms with van der Waals surface area (Å²) in [5.41, 5.74) is 1.33. The number of hydrogen-bond acceptors (Lipinski definition) is 4. The summed E-state index contributed by atoms with van der Waals surface area (Å²) in [7, 11) is 0. The van der Waals surface area contributed by atoms with Crippen molar-refractivity contribution in [3.8, 4) is 0 Å². The Bertz CT molecular complexity index is 688. The van der Waals surface area contributed by atoms with Gasteiger partial charge < -0.3 is 9.84 Å². The second-order valence-corrected chi connectivity index (χ2v) is 7.08. The van der Waals surface area contributed by atoms with E-state index in [2.05, 4.69) is 58.8 Å². The Kier molecular flexibility index (Phi) is 5.38. The fourth-order valence-corrected chi connectivity index (χ4v) is 3.66. The topological polar surface area (TPSA) is 70.4 Å². The number of hydrogen-bond donors (Lipinski definition) is 2. The molecule has 6 nitrogen and oxygen atoms in total. The molecule has 2 aromatic rings. The summed E-state index contributed by atoms with van der Waals surface area (Å²) in [5.74, 6) is 1.86. The number of nitrogens with zero attached hydrogens (tertiary/aromatic N) is 2. The molecule has 1 aliphatic heterocycles. The molecular formula is C19H26N4O2. The monoisotopic (exact) mass is 342 g/mol. The maximum atomic E-state index is 12.2. The Morgan fingerprint density at radius 2 is 1.92 bits per heavy atom. The molecule has 2 N–H and O–H groups in total. The van der Waals surface area contributed by atoms with Crippen LogP contribution in [0.5, 0.6) is 0 Å². The average molecular weight is 342 g/mol. The summed E-state index contributed by atoms with van der Waals surface area (Å²) >= 11 is 0. The summed E-state index contributed by atoms with van der Waals surface area (Å²) in [4.78, 5) is 14.7. The van der Waals surface area contributed by atoms with Crippen LogP contribution in [0.1, 0.15) is 25.2 Å². The third-order valence-electron chi connectivity index (χ3n) is 4.73. The summed E-state index contributed by atoms with van der Waals surface area (Å²) in [5, 5.41) is 9.63. The Hall–Kier alpha value is -2.34. The van der Waals surface area contributed by atoms with Gasteiger partial charge >= 0.3 is 6.03 Å². The van der Waals surface area contributed by atoms with Gasteiger partial charge in [-0.25, -0.2) is 4.79 Å². The second-order valence-electron chi connectivity index (χ2n) is 7.08. The van der Waals surface area contributed by atoms with Crippen LogP contribution in [0.15, 0.2) is 40.9 Å². The van der Waals surface area contributed by atoms with E-state index in [1.807, 2.05) is 6.07 Å². The van der Waals surface area contributed by atoms with Crippen molar-refractivity contribution < 1.29 is 9.32 Å². The zero-order valence-corrected chi connectivity index (χ0v) is 15.0. The Labute approximate surface area is 148 Å². The third-order valence-corrected chi connectivity index (χ3v) is 4.73. The SMILES string of the molecule is Cc1cc(NC(=O)NC2C(C)CN(Cc3ccccc3)CC2C)no1. The number of piperidine rings is 1. The van der Waals surface area contributed by atoms with Crippen LogP contribution < -0.4 is 10.6 Å². The maximum Gasteiger partial charge on any atom is 0.320 e. The van der Waals surface area contributed by atoms with E-state index in [9.17, 15) is 4.79 Å². The van der Waals surface area contributed by atoms with Crippen molar-refractivity contribution in [2.75, 3.05) is 18.4 Å². The molecule has 1 fully saturated rings. The zero-order valence-electron chi connectivity index (χ0n) is 15.0. The van der Waals surface area contributed by atoms with E-state index in [-0.39, 0.29) is 12.1 Å². The molecule has 0 aliphatic carbocycles. The number of rotatable bonds is 4. The van der Waals surface area contributed by atoms with Crippen molar-refractivity contribution in [1.29, 1.82) is 0 Å². The van der Waals surface area contributed by atoms with Gasteiger partial charge in [-0.15, -0.1) is 0 Å². The van der Waals surface area contributed by atoms with Gasteiger partial charge in [0.2, 0.25) is 0 Å². The fourth-order valence-electron chi connectivity index (χ4n) is 3.66. The summed E-state index contributed by atoms with van der Waals surface area (Å²) < 4.78 is 4.97. The van der Waals surface area contributed by atoms with Gasteiger partial charge in [0.1, 0.15) is 5.76 Å². The minimum atomic E-state index is -0.228. The molecule has 134 valence electrons. The number of aryl methyl sites for hydroxylation is 1. The molecular weight excluding hydrogens is 316 g/mol. The minimum absolute atomic E-state index is 0.139. The lowest BCUT2D eigenvalue weighted by molar-refractivity contribution is 0.0994. The standard InChI is InChI=1S/C19H26N4O2/c1-13-10-23(12-16-7-5-4-6-8-16)11-14(2)18(13)21-19(24)20-17-9-15(3)25-22-17/h4-9,13-14,18H,10-12H2,1-3H3,(H2,20,21,22,24). The molecule has 1 aromatic carbocycles. The van der Waals surface area contributed by atoms with Gasteiger partial charge in [-0.05, 0) is 24.3 Å². The first-order chi connectivity index (χ1) is 12.0. The molecule has 0 bridgehead atoms. The van der Waals surface area contributed by atoms with E-state index in [1.54, 1.807) is 13.0 Å². The van der Waals surface area contributed by atoms with Gasteiger partial charge in [-0.1, -0.05) is 49.3 Å². The lowest BCUT2D eigenvalue weighted by Crippen LogP contribution is -2.55. The Balaban J connectivity index is 1.54. The Morgan fingerprint density at radius 3 is 2.52 bits per heavy atom. The molecule has 0 spiro atoms. The molecule has 1 saturated heterocycles. The predicted molar refractivity (Wildman–Crippen MR) is 97.2 cm³/mol. The van der Waals surface area contributed by atoms with Crippen molar-refractivity contribution in [3.05, 3.63) is 47.7 Å². The highest BCUT2D eigenvalue weighted by molar-refractivity contribution is 5.88. The van der Waals surface area contributed by atoms with Crippen molar-refractivity contribution >= 4 is 11.8 Å². The summed E-state index contributed by atoms with van der Waals surface area (Å²) in [6.45, 7) is 9.06. The van der Waals surface area contributed by atoms with Crippen LogP contribution in [-0.2, 0) is 6.54 Å². The highest BCUT2D eigenvalue weighted by Gasteiger charge is 2.33. The number of carbonyl (C=O) groups is 1. The number of amides is 2. The van der Waals surface area contributed by atoms with Crippen molar-refractivity contribution in [2.24, 2.45) is 11.8 Å². The smallest absolute Gasteiger partial charge is 0.320 e. The van der Waals surface area contributed by atoms with Crippen LogP contribution in [0.2, 0.25) is 0 Å². The number of urea groups is 1. The van der Waals surface area contributed by atoms with E-state index in [1.165, 1.54) is 5.56 Å². The molecule has 0 saturated carbocycles. The van der Waals surface area contributed by atoms with E-state index in [4.69, 9.17) is 4.52 Å². The molecule has 25 heavy (non-hydrogen) atoms. The second kappa shape index (κ2) is 7.70. The van der Waals surface area contributed by atoms with E-state index in [0.717, 1.165) is 19.6 Å². The normalized spacial score (nSPS) is 24.0. The first-order valence-electron chi connectivity index (χ1n) is 8.78. The van der Waals surface area contributed by atoms with Crippen LogP contribution >= 0.6 is 0 Å². The molecule has 3 rings (SSSR count). The number of nitrogens with one attached hydrogen (secondary N) is 2. The highest BCUT2D eigenvalue weighted by atomic mass is 16.5. The van der Waals surface area contributed by atoms with Crippen molar-refractivity contribution in [2.45, 2.75) is 33.4 Å². The largest absolute Gasteiger partial charge is 0.360 e. The first kappa shape index (κ1) is 17.5. The molecule has 2 atom stereocenters. The van der Waals surface area contributed by atoms with E-state index in [0.29, 0.717) is 23.4 Å². The van der Waals surface area contributed by atoms with Crippen molar-refractivity contribution in [3.63, 3.8) is 0 Å². The lowest BCUT2D eigenvalue weighted by atomic mass is 9.85. The Morgan fingerprint density at radius 1 is 1.24 bits per heavy atom. The summed E-state index contributed by atoms with van der Waals surface area (Å²) in [6.07, 6.45) is 0. The van der Waals surface area contributed by atoms with Crippen molar-refractivity contribution in [1.82, 2.24) is 15.4 Å². The maximum absolute atomic E-state index is 12.2. The van der Waals surface area contributed by atoms with Gasteiger partial charge in [0.25, 0.3) is 0 Å². The van der Waals surface area contributed by atoms with Crippen LogP contribution in [0.4, 0.5) is 10.6 Å². The van der Waals surface area contributed by atoms with Crippen LogP contribution in [-0.4, -0.2) is 35.2 Å². The number of aromatic nitrogens is 1. The van der Waals surface area contributed by atoms with Gasteiger partial charge in [0, 0.05) is 31.7 Å². The number of likely N-dealkylation sites (tertiary alicyclic amines) is 1. The first-order valence-corrected chi connectivity index (χ1v) is 8.78. The molecule has 1 aliphatic rings. The van der Waals surface area contributed by atoms with Gasteiger partial charge in [-0.3, -0.25) is 10.2 Å². The predicted octanol–water partition coefficient (Wildman–Crippen LogP) is 3.26. The van der Waals surface area contributed by atoms with Gasteiger partial charge in [0.05, 0.1) is 0 Å². The zero-order chi connectivity index (χ0) is 17.8. The minimum Gasteiger partial charge on any atom is -0.360 e. The molecule has 2 heterocycles. The molecule has 0 radical (unpaired) electrons. The molecule has 6 heteroatoms. The van der Waals surface area contributed by atoms with Crippen LogP contribution in [0, 0.1) is 18.8 Å². The lowest BCUT2D eigenvalue weighted by Gasteiger charge is -2.41. The van der Waals surface area contributed by atoms with Gasteiger partial charge in [-0.2, -0.15) is 0 Å². The molecule has 2 unspecified atom stereocenters. The summed E-state index contributed by atoms with van der Waals surface area (Å²) in [6, 6.07) is 12.1. The molecule has 2 amide bonds.